The number of anilines is 1. The number of rotatable bonds is 4. The lowest BCUT2D eigenvalue weighted by molar-refractivity contribution is 0.0272. The fraction of sp³-hybridized carbons (Fsp3) is 0.263. The Labute approximate surface area is 141 Å². The Morgan fingerprint density at radius 2 is 1.96 bits per heavy atom. The maximum Gasteiger partial charge on any atom is 0.128 e. The van der Waals surface area contributed by atoms with Gasteiger partial charge in [0.15, 0.2) is 0 Å². The van der Waals surface area contributed by atoms with Gasteiger partial charge < -0.3 is 9.64 Å². The lowest BCUT2D eigenvalue weighted by atomic mass is 10.1. The Balaban J connectivity index is 1.45. The number of pyridine rings is 1. The number of benzene rings is 1. The van der Waals surface area contributed by atoms with Crippen molar-refractivity contribution in [2.24, 2.45) is 0 Å². The molecule has 5 nitrogen and oxygen atoms in total. The summed E-state index contributed by atoms with van der Waals surface area (Å²) in [5.41, 5.74) is 2.33. The van der Waals surface area contributed by atoms with Crippen LogP contribution in [0.5, 0.6) is 0 Å². The van der Waals surface area contributed by atoms with E-state index in [0.717, 1.165) is 31.0 Å². The standard InChI is InChI=1S/C19H20N4O/c1-2-5-16(6-3-1)17-7-8-19(20-13-17)22-11-12-24-18(14-22)15-23-10-4-9-21-23/h1-10,13,18H,11-12,14-15H2. The van der Waals surface area contributed by atoms with Crippen LogP contribution in [0.4, 0.5) is 5.82 Å². The largest absolute Gasteiger partial charge is 0.373 e. The molecule has 0 bridgehead atoms. The van der Waals surface area contributed by atoms with Crippen molar-refractivity contribution in [1.82, 2.24) is 14.8 Å². The normalized spacial score (nSPS) is 17.8. The van der Waals surface area contributed by atoms with E-state index >= 15 is 0 Å². The van der Waals surface area contributed by atoms with Gasteiger partial charge in [-0.25, -0.2) is 4.98 Å². The van der Waals surface area contributed by atoms with Gasteiger partial charge in [-0.05, 0) is 23.8 Å². The molecule has 2 aromatic heterocycles. The summed E-state index contributed by atoms with van der Waals surface area (Å²) in [6.45, 7) is 3.19. The molecule has 3 aromatic rings. The van der Waals surface area contributed by atoms with Gasteiger partial charge in [0.05, 0.1) is 19.3 Å². The van der Waals surface area contributed by atoms with Gasteiger partial charge in [0.1, 0.15) is 5.82 Å². The van der Waals surface area contributed by atoms with E-state index in [2.05, 4.69) is 39.2 Å². The van der Waals surface area contributed by atoms with Crippen LogP contribution in [0.1, 0.15) is 0 Å². The van der Waals surface area contributed by atoms with Crippen LogP contribution in [0.2, 0.25) is 0 Å². The SMILES string of the molecule is c1ccc(-c2ccc(N3CCOC(Cn4cccn4)C3)nc2)cc1. The van der Waals surface area contributed by atoms with Gasteiger partial charge in [0.2, 0.25) is 0 Å². The van der Waals surface area contributed by atoms with E-state index in [9.17, 15) is 0 Å². The Hall–Kier alpha value is -2.66. The highest BCUT2D eigenvalue weighted by Crippen LogP contribution is 2.22. The van der Waals surface area contributed by atoms with Crippen molar-refractivity contribution in [2.45, 2.75) is 12.6 Å². The van der Waals surface area contributed by atoms with Gasteiger partial charge in [0.25, 0.3) is 0 Å². The first-order valence-electron chi connectivity index (χ1n) is 8.24. The smallest absolute Gasteiger partial charge is 0.128 e. The maximum atomic E-state index is 5.87. The van der Waals surface area contributed by atoms with Crippen molar-refractivity contribution in [3.05, 3.63) is 67.1 Å². The molecule has 1 atom stereocenters. The van der Waals surface area contributed by atoms with Crippen molar-refractivity contribution in [3.63, 3.8) is 0 Å². The number of morpholine rings is 1. The Kier molecular flexibility index (Phi) is 4.25. The highest BCUT2D eigenvalue weighted by Gasteiger charge is 2.22. The molecule has 0 radical (unpaired) electrons. The van der Waals surface area contributed by atoms with E-state index in [1.54, 1.807) is 6.20 Å². The molecule has 1 aliphatic heterocycles. The van der Waals surface area contributed by atoms with Crippen molar-refractivity contribution in [3.8, 4) is 11.1 Å². The average molecular weight is 320 g/mol. The maximum absolute atomic E-state index is 5.87. The summed E-state index contributed by atoms with van der Waals surface area (Å²) in [6, 6.07) is 16.5. The van der Waals surface area contributed by atoms with Gasteiger partial charge >= 0.3 is 0 Å². The third-order valence-corrected chi connectivity index (χ3v) is 4.27. The number of hydrogen-bond acceptors (Lipinski definition) is 4. The zero-order valence-electron chi connectivity index (χ0n) is 13.5. The van der Waals surface area contributed by atoms with E-state index in [0.29, 0.717) is 6.61 Å². The molecule has 0 N–H and O–H groups in total. The van der Waals surface area contributed by atoms with Gasteiger partial charge in [-0.2, -0.15) is 5.10 Å². The first kappa shape index (κ1) is 14.9. The second-order valence-corrected chi connectivity index (χ2v) is 5.94. The van der Waals surface area contributed by atoms with Crippen molar-refractivity contribution in [1.29, 1.82) is 0 Å². The summed E-state index contributed by atoms with van der Waals surface area (Å²) in [5, 5.41) is 4.26. The average Bonchev–Trinajstić information content (AvgIpc) is 3.16. The summed E-state index contributed by atoms with van der Waals surface area (Å²) in [6.07, 6.45) is 5.84. The molecule has 1 unspecified atom stereocenters. The van der Waals surface area contributed by atoms with E-state index in [-0.39, 0.29) is 6.10 Å². The zero-order chi connectivity index (χ0) is 16.2. The molecule has 0 amide bonds. The topological polar surface area (TPSA) is 43.2 Å². The molecule has 1 aliphatic rings. The monoisotopic (exact) mass is 320 g/mol. The van der Waals surface area contributed by atoms with Gasteiger partial charge in [0, 0.05) is 37.2 Å². The van der Waals surface area contributed by atoms with E-state index in [1.807, 2.05) is 41.3 Å². The first-order chi connectivity index (χ1) is 11.9. The number of ether oxygens (including phenoxy) is 1. The minimum Gasteiger partial charge on any atom is -0.373 e. The lowest BCUT2D eigenvalue weighted by Gasteiger charge is -2.33. The van der Waals surface area contributed by atoms with Crippen LogP contribution in [0.15, 0.2) is 67.1 Å². The van der Waals surface area contributed by atoms with Gasteiger partial charge in [-0.15, -0.1) is 0 Å². The van der Waals surface area contributed by atoms with Gasteiger partial charge in [-0.3, -0.25) is 4.68 Å². The summed E-state index contributed by atoms with van der Waals surface area (Å²) < 4.78 is 7.78. The zero-order valence-corrected chi connectivity index (χ0v) is 13.5. The first-order valence-corrected chi connectivity index (χ1v) is 8.24. The second kappa shape index (κ2) is 6.84. The van der Waals surface area contributed by atoms with Crippen LogP contribution in [0.25, 0.3) is 11.1 Å². The molecule has 24 heavy (non-hydrogen) atoms. The minimum absolute atomic E-state index is 0.134. The molecular weight excluding hydrogens is 300 g/mol. The molecule has 122 valence electrons. The fourth-order valence-electron chi connectivity index (χ4n) is 3.03. The quantitative estimate of drug-likeness (QED) is 0.741. The van der Waals surface area contributed by atoms with E-state index in [4.69, 9.17) is 4.74 Å². The summed E-state index contributed by atoms with van der Waals surface area (Å²) in [4.78, 5) is 6.94. The minimum atomic E-state index is 0.134. The number of nitrogens with zero attached hydrogens (tertiary/aromatic N) is 4. The van der Waals surface area contributed by atoms with Crippen LogP contribution in [0, 0.1) is 0 Å². The number of hydrogen-bond donors (Lipinski definition) is 0. The van der Waals surface area contributed by atoms with Crippen LogP contribution >= 0.6 is 0 Å². The van der Waals surface area contributed by atoms with Crippen LogP contribution in [-0.4, -0.2) is 40.6 Å². The van der Waals surface area contributed by atoms with Crippen LogP contribution < -0.4 is 4.90 Å². The highest BCUT2D eigenvalue weighted by molar-refractivity contribution is 5.63. The molecule has 0 spiro atoms. The van der Waals surface area contributed by atoms with Crippen LogP contribution in [-0.2, 0) is 11.3 Å². The molecule has 1 fully saturated rings. The summed E-state index contributed by atoms with van der Waals surface area (Å²) >= 11 is 0. The van der Waals surface area contributed by atoms with Crippen molar-refractivity contribution in [2.75, 3.05) is 24.6 Å². The Morgan fingerprint density at radius 3 is 2.71 bits per heavy atom. The third kappa shape index (κ3) is 3.31. The molecule has 3 heterocycles. The van der Waals surface area contributed by atoms with Crippen molar-refractivity contribution < 1.29 is 4.74 Å². The molecule has 5 heteroatoms. The summed E-state index contributed by atoms with van der Waals surface area (Å²) in [5.74, 6) is 1.00. The molecular formula is C19H20N4O. The fourth-order valence-corrected chi connectivity index (χ4v) is 3.03. The second-order valence-electron chi connectivity index (χ2n) is 5.94. The van der Waals surface area contributed by atoms with E-state index in [1.165, 1.54) is 5.56 Å². The molecule has 1 aromatic carbocycles. The van der Waals surface area contributed by atoms with Gasteiger partial charge in [-0.1, -0.05) is 30.3 Å². The highest BCUT2D eigenvalue weighted by atomic mass is 16.5. The van der Waals surface area contributed by atoms with Crippen LogP contribution in [0.3, 0.4) is 0 Å². The lowest BCUT2D eigenvalue weighted by Crippen LogP contribution is -2.44. The third-order valence-electron chi connectivity index (χ3n) is 4.27. The molecule has 0 saturated carbocycles. The molecule has 0 aliphatic carbocycles. The summed E-state index contributed by atoms with van der Waals surface area (Å²) in [7, 11) is 0. The number of aromatic nitrogens is 3. The predicted octanol–water partition coefficient (Wildman–Crippen LogP) is 2.85. The van der Waals surface area contributed by atoms with E-state index < -0.39 is 0 Å². The molecule has 4 rings (SSSR count). The van der Waals surface area contributed by atoms with Crippen molar-refractivity contribution >= 4 is 5.82 Å². The predicted molar refractivity (Wildman–Crippen MR) is 93.9 cm³/mol. The Morgan fingerprint density at radius 1 is 1.04 bits per heavy atom. The Bertz CT molecular complexity index is 756. The molecule has 1 saturated heterocycles.